The Labute approximate surface area is 92.0 Å². The van der Waals surface area contributed by atoms with Crippen LogP contribution < -0.4 is 0 Å². The summed E-state index contributed by atoms with van der Waals surface area (Å²) in [4.78, 5) is 2.57. The summed E-state index contributed by atoms with van der Waals surface area (Å²) in [6.45, 7) is 3.81. The molecular formula is C10H14BrN3. The number of rotatable bonds is 1. The zero-order valence-electron chi connectivity index (χ0n) is 8.04. The van der Waals surface area contributed by atoms with E-state index in [2.05, 4.69) is 31.0 Å². The maximum absolute atomic E-state index is 4.09. The summed E-state index contributed by atoms with van der Waals surface area (Å²) >= 11 is 3.56. The average molecular weight is 256 g/mol. The third kappa shape index (κ3) is 1.32. The lowest BCUT2D eigenvalue weighted by Crippen LogP contribution is -2.46. The number of piperidine rings is 3. The molecule has 0 aliphatic carbocycles. The third-order valence-corrected chi connectivity index (χ3v) is 4.28. The molecule has 1 N–H and O–H groups in total. The highest BCUT2D eigenvalue weighted by Crippen LogP contribution is 2.40. The topological polar surface area (TPSA) is 31.9 Å². The van der Waals surface area contributed by atoms with Gasteiger partial charge in [-0.2, -0.15) is 5.10 Å². The lowest BCUT2D eigenvalue weighted by Gasteiger charge is -2.44. The Morgan fingerprint density at radius 2 is 2.21 bits per heavy atom. The van der Waals surface area contributed by atoms with Crippen LogP contribution in [0.5, 0.6) is 0 Å². The van der Waals surface area contributed by atoms with Gasteiger partial charge in [0.1, 0.15) is 0 Å². The highest BCUT2D eigenvalue weighted by molar-refractivity contribution is 9.10. The highest BCUT2D eigenvalue weighted by atomic mass is 79.9. The zero-order chi connectivity index (χ0) is 9.54. The van der Waals surface area contributed by atoms with Crippen LogP contribution in [-0.4, -0.2) is 34.7 Å². The van der Waals surface area contributed by atoms with E-state index in [1.54, 1.807) is 0 Å². The first-order valence-electron chi connectivity index (χ1n) is 5.25. The van der Waals surface area contributed by atoms with Crippen molar-refractivity contribution < 1.29 is 0 Å². The second-order valence-electron chi connectivity index (χ2n) is 4.38. The Hall–Kier alpha value is -0.350. The molecule has 0 radical (unpaired) electrons. The van der Waals surface area contributed by atoms with Gasteiger partial charge in [-0.05, 0) is 47.8 Å². The van der Waals surface area contributed by atoms with Gasteiger partial charge in [0.2, 0.25) is 0 Å². The van der Waals surface area contributed by atoms with E-state index in [-0.39, 0.29) is 0 Å². The Bertz CT molecular complexity index is 328. The average Bonchev–Trinajstić information content (AvgIpc) is 2.66. The van der Waals surface area contributed by atoms with Gasteiger partial charge in [0, 0.05) is 12.5 Å². The molecule has 1 unspecified atom stereocenters. The van der Waals surface area contributed by atoms with E-state index in [0.29, 0.717) is 5.92 Å². The van der Waals surface area contributed by atoms with Crippen molar-refractivity contribution in [3.8, 4) is 0 Å². The van der Waals surface area contributed by atoms with Crippen LogP contribution in [0.3, 0.4) is 0 Å². The van der Waals surface area contributed by atoms with E-state index in [0.717, 1.165) is 10.4 Å². The molecule has 3 aliphatic heterocycles. The minimum absolute atomic E-state index is 0.675. The van der Waals surface area contributed by atoms with Crippen LogP contribution in [0.25, 0.3) is 0 Å². The Morgan fingerprint density at radius 3 is 2.71 bits per heavy atom. The van der Waals surface area contributed by atoms with Gasteiger partial charge < -0.3 is 4.90 Å². The lowest BCUT2D eigenvalue weighted by atomic mass is 9.77. The third-order valence-electron chi connectivity index (χ3n) is 3.65. The molecule has 3 aliphatic rings. The van der Waals surface area contributed by atoms with Crippen molar-refractivity contribution in [2.24, 2.45) is 5.92 Å². The molecule has 1 aromatic heterocycles. The molecule has 1 aromatic rings. The van der Waals surface area contributed by atoms with Crippen LogP contribution in [0.2, 0.25) is 0 Å². The van der Waals surface area contributed by atoms with Crippen molar-refractivity contribution >= 4 is 15.9 Å². The van der Waals surface area contributed by atoms with Crippen molar-refractivity contribution in [2.75, 3.05) is 19.6 Å². The number of aromatic amines is 1. The molecule has 0 amide bonds. The quantitative estimate of drug-likeness (QED) is 0.833. The molecule has 3 fully saturated rings. The monoisotopic (exact) mass is 255 g/mol. The summed E-state index contributed by atoms with van der Waals surface area (Å²) in [6, 6.07) is 0. The fraction of sp³-hybridized carbons (Fsp3) is 0.700. The second kappa shape index (κ2) is 3.35. The van der Waals surface area contributed by atoms with Crippen LogP contribution >= 0.6 is 15.9 Å². The van der Waals surface area contributed by atoms with Gasteiger partial charge in [-0.1, -0.05) is 0 Å². The molecule has 14 heavy (non-hydrogen) atoms. The number of nitrogens with zero attached hydrogens (tertiary/aromatic N) is 2. The minimum Gasteiger partial charge on any atom is -0.303 e. The summed E-state index contributed by atoms with van der Waals surface area (Å²) in [5, 5.41) is 7.23. The molecule has 3 nitrogen and oxygen atoms in total. The summed E-state index contributed by atoms with van der Waals surface area (Å²) < 4.78 is 1.15. The molecule has 0 saturated carbocycles. The van der Waals surface area contributed by atoms with Gasteiger partial charge in [-0.3, -0.25) is 5.10 Å². The van der Waals surface area contributed by atoms with E-state index >= 15 is 0 Å². The molecule has 76 valence electrons. The zero-order valence-corrected chi connectivity index (χ0v) is 9.63. The largest absolute Gasteiger partial charge is 0.303 e. The maximum Gasteiger partial charge on any atom is 0.0632 e. The van der Waals surface area contributed by atoms with Crippen molar-refractivity contribution in [3.05, 3.63) is 16.4 Å². The van der Waals surface area contributed by atoms with Gasteiger partial charge in [0.25, 0.3) is 0 Å². The summed E-state index contributed by atoms with van der Waals surface area (Å²) in [6.07, 6.45) is 4.58. The van der Waals surface area contributed by atoms with Crippen LogP contribution in [0.4, 0.5) is 0 Å². The summed E-state index contributed by atoms with van der Waals surface area (Å²) in [7, 11) is 0. The van der Waals surface area contributed by atoms with E-state index in [4.69, 9.17) is 0 Å². The summed E-state index contributed by atoms with van der Waals surface area (Å²) in [5.74, 6) is 1.55. The van der Waals surface area contributed by atoms with E-state index in [1.807, 2.05) is 6.20 Å². The first kappa shape index (κ1) is 8.92. The maximum atomic E-state index is 4.09. The van der Waals surface area contributed by atoms with Gasteiger partial charge >= 0.3 is 0 Å². The van der Waals surface area contributed by atoms with Crippen molar-refractivity contribution in [2.45, 2.75) is 18.8 Å². The van der Waals surface area contributed by atoms with Gasteiger partial charge in [-0.15, -0.1) is 0 Å². The molecule has 1 atom stereocenters. The predicted molar refractivity (Wildman–Crippen MR) is 58.2 cm³/mol. The van der Waals surface area contributed by atoms with Gasteiger partial charge in [-0.25, -0.2) is 0 Å². The molecule has 2 bridgehead atoms. The van der Waals surface area contributed by atoms with E-state index in [1.165, 1.54) is 38.2 Å². The Kier molecular flexibility index (Phi) is 2.13. The fourth-order valence-electron chi connectivity index (χ4n) is 2.83. The normalized spacial score (nSPS) is 36.2. The SMILES string of the molecule is Brc1cn[nH]c1C1CN2CCC1CC2. The number of H-pyrrole nitrogens is 1. The minimum atomic E-state index is 0.675. The molecule has 4 heteroatoms. The van der Waals surface area contributed by atoms with E-state index in [9.17, 15) is 0 Å². The van der Waals surface area contributed by atoms with Crippen molar-refractivity contribution in [1.29, 1.82) is 0 Å². The van der Waals surface area contributed by atoms with Crippen molar-refractivity contribution in [1.82, 2.24) is 15.1 Å². The number of hydrogen-bond donors (Lipinski definition) is 1. The number of fused-ring (bicyclic) bond motifs is 3. The number of nitrogens with one attached hydrogen (secondary N) is 1. The van der Waals surface area contributed by atoms with Gasteiger partial charge in [0.15, 0.2) is 0 Å². The highest BCUT2D eigenvalue weighted by Gasteiger charge is 2.36. The van der Waals surface area contributed by atoms with Crippen LogP contribution in [0.15, 0.2) is 10.7 Å². The first-order valence-corrected chi connectivity index (χ1v) is 6.05. The first-order chi connectivity index (χ1) is 6.84. The molecule has 4 heterocycles. The molecular weight excluding hydrogens is 242 g/mol. The van der Waals surface area contributed by atoms with Crippen molar-refractivity contribution in [3.63, 3.8) is 0 Å². The van der Waals surface area contributed by atoms with Crippen LogP contribution in [0, 0.1) is 5.92 Å². The predicted octanol–water partition coefficient (Wildman–Crippen LogP) is 1.98. The van der Waals surface area contributed by atoms with Gasteiger partial charge in [0.05, 0.1) is 16.4 Å². The Balaban J connectivity index is 1.89. The number of halogens is 1. The van der Waals surface area contributed by atoms with E-state index < -0.39 is 0 Å². The van der Waals surface area contributed by atoms with Crippen LogP contribution in [-0.2, 0) is 0 Å². The molecule has 0 spiro atoms. The molecule has 4 rings (SSSR count). The smallest absolute Gasteiger partial charge is 0.0632 e. The number of aromatic nitrogens is 2. The number of hydrogen-bond acceptors (Lipinski definition) is 2. The standard InChI is InChI=1S/C10H14BrN3/c11-9-5-12-13-10(9)8-6-14-3-1-7(8)2-4-14/h5,7-8H,1-4,6H2,(H,12,13). The Morgan fingerprint density at radius 1 is 1.43 bits per heavy atom. The molecule has 3 saturated heterocycles. The lowest BCUT2D eigenvalue weighted by molar-refractivity contribution is 0.0851. The van der Waals surface area contributed by atoms with Crippen LogP contribution in [0.1, 0.15) is 24.5 Å². The second-order valence-corrected chi connectivity index (χ2v) is 5.23. The molecule has 0 aromatic carbocycles. The summed E-state index contributed by atoms with van der Waals surface area (Å²) in [5.41, 5.74) is 1.31. The fourth-order valence-corrected chi connectivity index (χ4v) is 3.32.